The summed E-state index contributed by atoms with van der Waals surface area (Å²) in [6.45, 7) is 4.02. The van der Waals surface area contributed by atoms with Crippen molar-refractivity contribution in [2.24, 2.45) is 0 Å². The molecule has 6 N–H and O–H groups in total. The van der Waals surface area contributed by atoms with Gasteiger partial charge in [0, 0.05) is 43.7 Å². The average Bonchev–Trinajstić information content (AvgIpc) is 2.83. The van der Waals surface area contributed by atoms with Crippen LogP contribution in [0.2, 0.25) is 0 Å². The fourth-order valence-corrected chi connectivity index (χ4v) is 4.43. The lowest BCUT2D eigenvalue weighted by Crippen LogP contribution is -2.12. The molecule has 0 saturated carbocycles. The number of carbonyl (C=O) groups is 2. The molecule has 0 aliphatic rings. The van der Waals surface area contributed by atoms with E-state index in [-0.39, 0.29) is 11.8 Å². The molecule has 0 atom stereocenters. The van der Waals surface area contributed by atoms with Gasteiger partial charge >= 0.3 is 0 Å². The summed E-state index contributed by atoms with van der Waals surface area (Å²) in [5.74, 6) is -0.366. The van der Waals surface area contributed by atoms with E-state index < -0.39 is 0 Å². The van der Waals surface area contributed by atoms with Gasteiger partial charge in [0.25, 0.3) is 11.8 Å². The number of hydrogen-bond donors (Lipinski definition) is 4. The topological polar surface area (TPSA) is 110 Å². The van der Waals surface area contributed by atoms with E-state index in [4.69, 9.17) is 11.5 Å². The number of benzene rings is 4. The number of rotatable bonds is 6. The average molecular weight is 483 g/mol. The monoisotopic (exact) mass is 482 g/mol. The summed E-state index contributed by atoms with van der Waals surface area (Å²) < 4.78 is 0. The van der Waals surface area contributed by atoms with Crippen molar-refractivity contribution in [2.75, 3.05) is 22.1 Å². The first-order valence-corrected chi connectivity index (χ1v) is 11.8. The van der Waals surface area contributed by atoms with E-state index in [1.54, 1.807) is 60.3 Å². The third-order valence-electron chi connectivity index (χ3n) is 5.43. The lowest BCUT2D eigenvalue weighted by atomic mass is 10.1. The van der Waals surface area contributed by atoms with Crippen molar-refractivity contribution in [3.05, 3.63) is 107 Å². The summed E-state index contributed by atoms with van der Waals surface area (Å²) >= 11 is 1.64. The minimum absolute atomic E-state index is 0.183. The van der Waals surface area contributed by atoms with Crippen LogP contribution in [-0.4, -0.2) is 11.8 Å². The third-order valence-corrected chi connectivity index (χ3v) is 6.79. The molecular formula is C28H26N4O2S. The normalized spacial score (nSPS) is 10.6. The molecule has 0 aliphatic carbocycles. The molecule has 0 saturated heterocycles. The molecular weight excluding hydrogens is 456 g/mol. The largest absolute Gasteiger partial charge is 0.399 e. The van der Waals surface area contributed by atoms with Gasteiger partial charge in [0.05, 0.1) is 0 Å². The Morgan fingerprint density at radius 1 is 0.600 bits per heavy atom. The van der Waals surface area contributed by atoms with Gasteiger partial charge in [-0.3, -0.25) is 9.59 Å². The molecule has 35 heavy (non-hydrogen) atoms. The van der Waals surface area contributed by atoms with Crippen LogP contribution in [0.3, 0.4) is 0 Å². The summed E-state index contributed by atoms with van der Waals surface area (Å²) in [7, 11) is 0. The number of anilines is 4. The third kappa shape index (κ3) is 6.02. The summed E-state index contributed by atoms with van der Waals surface area (Å²) in [4.78, 5) is 27.1. The molecule has 4 aromatic rings. The Hall–Kier alpha value is -4.23. The highest BCUT2D eigenvalue weighted by Crippen LogP contribution is 2.34. The van der Waals surface area contributed by atoms with Crippen LogP contribution in [0, 0.1) is 13.8 Å². The molecule has 0 aromatic heterocycles. The molecule has 0 aliphatic heterocycles. The van der Waals surface area contributed by atoms with Crippen molar-refractivity contribution in [3.63, 3.8) is 0 Å². The van der Waals surface area contributed by atoms with Crippen molar-refractivity contribution >= 4 is 46.3 Å². The quantitative estimate of drug-likeness (QED) is 0.247. The number of nitrogen functional groups attached to an aromatic ring is 2. The van der Waals surface area contributed by atoms with Gasteiger partial charge in [-0.2, -0.15) is 0 Å². The number of amides is 2. The predicted octanol–water partition coefficient (Wildman–Crippen LogP) is 6.12. The molecule has 4 aromatic carbocycles. The summed E-state index contributed by atoms with van der Waals surface area (Å²) in [6, 6.07) is 25.3. The van der Waals surface area contributed by atoms with Gasteiger partial charge in [-0.05, 0) is 110 Å². The van der Waals surface area contributed by atoms with E-state index >= 15 is 0 Å². The Kier molecular flexibility index (Phi) is 7.08. The summed E-state index contributed by atoms with van der Waals surface area (Å²) in [5, 5.41) is 5.85. The van der Waals surface area contributed by atoms with Crippen LogP contribution in [0.4, 0.5) is 22.7 Å². The summed E-state index contributed by atoms with van der Waals surface area (Å²) in [5.41, 5.74) is 17.3. The molecule has 0 radical (unpaired) electrons. The minimum Gasteiger partial charge on any atom is -0.399 e. The van der Waals surface area contributed by atoms with E-state index in [0.29, 0.717) is 22.5 Å². The maximum Gasteiger partial charge on any atom is 0.255 e. The number of aryl methyl sites for hydroxylation is 2. The Bertz CT molecular complexity index is 1280. The SMILES string of the molecule is Cc1cc(NC(=O)c2ccc(N)cc2)ccc1Sc1ccc(NC(=O)c2ccc(N)cc2)cc1C. The first-order valence-electron chi connectivity index (χ1n) is 11.0. The summed E-state index contributed by atoms with van der Waals surface area (Å²) in [6.07, 6.45) is 0. The molecule has 0 bridgehead atoms. The number of nitrogens with two attached hydrogens (primary N) is 2. The zero-order valence-electron chi connectivity index (χ0n) is 19.5. The first-order chi connectivity index (χ1) is 16.8. The van der Waals surface area contributed by atoms with Crippen molar-refractivity contribution in [3.8, 4) is 0 Å². The number of hydrogen-bond acceptors (Lipinski definition) is 5. The maximum absolute atomic E-state index is 12.5. The Labute approximate surface area is 208 Å². The van der Waals surface area contributed by atoms with Gasteiger partial charge in [0.2, 0.25) is 0 Å². The Morgan fingerprint density at radius 3 is 1.31 bits per heavy atom. The van der Waals surface area contributed by atoms with Crippen molar-refractivity contribution in [2.45, 2.75) is 23.6 Å². The fourth-order valence-electron chi connectivity index (χ4n) is 3.48. The predicted molar refractivity (Wildman–Crippen MR) is 144 cm³/mol. The molecule has 0 spiro atoms. The van der Waals surface area contributed by atoms with E-state index in [2.05, 4.69) is 10.6 Å². The van der Waals surface area contributed by atoms with Crippen LogP contribution in [0.1, 0.15) is 31.8 Å². The van der Waals surface area contributed by atoms with Gasteiger partial charge in [-0.1, -0.05) is 11.8 Å². The van der Waals surface area contributed by atoms with Crippen LogP contribution in [0.15, 0.2) is 94.7 Å². The molecule has 6 nitrogen and oxygen atoms in total. The van der Waals surface area contributed by atoms with E-state index in [1.807, 2.05) is 50.2 Å². The van der Waals surface area contributed by atoms with Crippen LogP contribution < -0.4 is 22.1 Å². The van der Waals surface area contributed by atoms with Crippen LogP contribution in [0.5, 0.6) is 0 Å². The van der Waals surface area contributed by atoms with Crippen LogP contribution >= 0.6 is 11.8 Å². The molecule has 4 rings (SSSR count). The zero-order valence-corrected chi connectivity index (χ0v) is 20.3. The lowest BCUT2D eigenvalue weighted by molar-refractivity contribution is 0.101. The second-order valence-electron chi connectivity index (χ2n) is 8.21. The fraction of sp³-hybridized carbons (Fsp3) is 0.0714. The van der Waals surface area contributed by atoms with Gasteiger partial charge < -0.3 is 22.1 Å². The smallest absolute Gasteiger partial charge is 0.255 e. The van der Waals surface area contributed by atoms with Gasteiger partial charge in [-0.25, -0.2) is 0 Å². The highest BCUT2D eigenvalue weighted by atomic mass is 32.2. The van der Waals surface area contributed by atoms with Crippen LogP contribution in [-0.2, 0) is 0 Å². The first kappa shape index (κ1) is 23.9. The highest BCUT2D eigenvalue weighted by Gasteiger charge is 2.11. The van der Waals surface area contributed by atoms with Crippen molar-refractivity contribution in [1.29, 1.82) is 0 Å². The van der Waals surface area contributed by atoms with E-state index in [0.717, 1.165) is 32.3 Å². The number of carbonyl (C=O) groups excluding carboxylic acids is 2. The van der Waals surface area contributed by atoms with Crippen molar-refractivity contribution < 1.29 is 9.59 Å². The molecule has 2 amide bonds. The van der Waals surface area contributed by atoms with Gasteiger partial charge in [0.15, 0.2) is 0 Å². The Balaban J connectivity index is 1.42. The molecule has 0 fully saturated rings. The molecule has 176 valence electrons. The Morgan fingerprint density at radius 2 is 0.971 bits per heavy atom. The standard InChI is InChI=1S/C28H26N4O2S/c1-17-15-23(31-27(33)19-3-7-21(29)8-4-19)11-13-25(17)35-26-14-12-24(16-18(26)2)32-28(34)20-5-9-22(30)10-6-20/h3-16H,29-30H2,1-2H3,(H,31,33)(H,32,34). The second kappa shape index (κ2) is 10.4. The number of nitrogens with one attached hydrogen (secondary N) is 2. The van der Waals surface area contributed by atoms with Gasteiger partial charge in [-0.15, -0.1) is 0 Å². The maximum atomic E-state index is 12.5. The van der Waals surface area contributed by atoms with Gasteiger partial charge in [0.1, 0.15) is 0 Å². The highest BCUT2D eigenvalue weighted by molar-refractivity contribution is 7.99. The van der Waals surface area contributed by atoms with Crippen molar-refractivity contribution in [1.82, 2.24) is 0 Å². The lowest BCUT2D eigenvalue weighted by Gasteiger charge is -2.13. The zero-order chi connectivity index (χ0) is 24.9. The van der Waals surface area contributed by atoms with E-state index in [9.17, 15) is 9.59 Å². The van der Waals surface area contributed by atoms with Crippen LogP contribution in [0.25, 0.3) is 0 Å². The molecule has 0 heterocycles. The molecule has 0 unspecified atom stereocenters. The molecule has 7 heteroatoms. The van der Waals surface area contributed by atoms with E-state index in [1.165, 1.54) is 0 Å². The minimum atomic E-state index is -0.183. The second-order valence-corrected chi connectivity index (χ2v) is 9.30.